The minimum absolute atomic E-state index is 0.0143. The Labute approximate surface area is 115 Å². The summed E-state index contributed by atoms with van der Waals surface area (Å²) in [5.74, 6) is 1.54. The normalized spacial score (nSPS) is 36.6. The van der Waals surface area contributed by atoms with E-state index in [9.17, 15) is 9.59 Å². The molecule has 1 N–H and O–H groups in total. The largest absolute Gasteiger partial charge is 0.345 e. The van der Waals surface area contributed by atoms with Crippen LogP contribution in [0.3, 0.4) is 0 Å². The Morgan fingerprint density at radius 1 is 1.11 bits per heavy atom. The Hall–Kier alpha value is -1.06. The number of hydrogen-bond donors (Lipinski definition) is 1. The number of rotatable bonds is 2. The molecule has 1 saturated carbocycles. The number of hydrogen-bond acceptors (Lipinski definition) is 2. The first kappa shape index (κ1) is 14.4. The summed E-state index contributed by atoms with van der Waals surface area (Å²) in [7, 11) is 0. The maximum Gasteiger partial charge on any atom is 0.243 e. The molecular formula is C15H26N2O2. The molecule has 0 aromatic rings. The fourth-order valence-corrected chi connectivity index (χ4v) is 3.83. The van der Waals surface area contributed by atoms with Crippen molar-refractivity contribution in [1.29, 1.82) is 0 Å². The van der Waals surface area contributed by atoms with Crippen molar-refractivity contribution < 1.29 is 9.59 Å². The lowest BCUT2D eigenvalue weighted by Crippen LogP contribution is -2.63. The third-order valence-corrected chi connectivity index (χ3v) is 4.45. The van der Waals surface area contributed by atoms with Gasteiger partial charge in [-0.1, -0.05) is 27.7 Å². The highest BCUT2D eigenvalue weighted by Crippen LogP contribution is 2.34. The van der Waals surface area contributed by atoms with Crippen molar-refractivity contribution in [2.75, 3.05) is 6.54 Å². The number of nitrogens with zero attached hydrogens (tertiary/aromatic N) is 1. The van der Waals surface area contributed by atoms with Crippen LogP contribution in [-0.2, 0) is 9.59 Å². The van der Waals surface area contributed by atoms with Crippen molar-refractivity contribution in [2.24, 2.45) is 17.8 Å². The lowest BCUT2D eigenvalue weighted by Gasteiger charge is -2.46. The van der Waals surface area contributed by atoms with Crippen LogP contribution in [0, 0.1) is 17.8 Å². The van der Waals surface area contributed by atoms with Crippen LogP contribution in [0.25, 0.3) is 0 Å². The molecule has 4 heteroatoms. The zero-order chi connectivity index (χ0) is 14.2. The van der Waals surface area contributed by atoms with E-state index < -0.39 is 0 Å². The zero-order valence-electron chi connectivity index (χ0n) is 12.5. The van der Waals surface area contributed by atoms with Gasteiger partial charge in [-0.05, 0) is 37.0 Å². The van der Waals surface area contributed by atoms with Crippen LogP contribution >= 0.6 is 0 Å². The molecule has 1 saturated heterocycles. The first-order chi connectivity index (χ1) is 8.90. The van der Waals surface area contributed by atoms with E-state index >= 15 is 0 Å². The van der Waals surface area contributed by atoms with Crippen molar-refractivity contribution in [3.8, 4) is 0 Å². The van der Waals surface area contributed by atoms with Crippen LogP contribution in [0.4, 0.5) is 0 Å². The molecule has 19 heavy (non-hydrogen) atoms. The van der Waals surface area contributed by atoms with Crippen molar-refractivity contribution in [3.63, 3.8) is 0 Å². The second kappa shape index (κ2) is 5.51. The number of carbonyl (C=O) groups is 2. The maximum atomic E-state index is 12.3. The van der Waals surface area contributed by atoms with Crippen LogP contribution in [-0.4, -0.2) is 35.3 Å². The van der Waals surface area contributed by atoms with Crippen molar-refractivity contribution >= 4 is 11.8 Å². The van der Waals surface area contributed by atoms with Crippen LogP contribution in [0.2, 0.25) is 0 Å². The van der Waals surface area contributed by atoms with E-state index in [-0.39, 0.29) is 36.4 Å². The van der Waals surface area contributed by atoms with Crippen molar-refractivity contribution in [3.05, 3.63) is 0 Å². The molecule has 1 aliphatic heterocycles. The number of amides is 2. The monoisotopic (exact) mass is 266 g/mol. The standard InChI is InChI=1S/C15H26N2O2/c1-9(2)14-15(19)16-8-13(18)17(14)12-6-10(3)5-11(4)7-12/h9-12,14H,5-8H2,1-4H3,(H,16,19). The Balaban J connectivity index is 2.22. The fraction of sp³-hybridized carbons (Fsp3) is 0.867. The zero-order valence-corrected chi connectivity index (χ0v) is 12.5. The van der Waals surface area contributed by atoms with E-state index in [1.54, 1.807) is 0 Å². The third kappa shape index (κ3) is 2.93. The van der Waals surface area contributed by atoms with Crippen LogP contribution < -0.4 is 5.32 Å². The average Bonchev–Trinajstić information content (AvgIpc) is 2.29. The third-order valence-electron chi connectivity index (χ3n) is 4.45. The number of piperazine rings is 1. The fourth-order valence-electron chi connectivity index (χ4n) is 3.83. The van der Waals surface area contributed by atoms with Gasteiger partial charge < -0.3 is 10.2 Å². The molecule has 1 heterocycles. The molecule has 2 aliphatic rings. The minimum Gasteiger partial charge on any atom is -0.345 e. The van der Waals surface area contributed by atoms with Gasteiger partial charge in [-0.3, -0.25) is 9.59 Å². The topological polar surface area (TPSA) is 49.4 Å². The molecule has 0 bridgehead atoms. The summed E-state index contributed by atoms with van der Waals surface area (Å²) in [6.45, 7) is 8.71. The Bertz CT molecular complexity index is 357. The summed E-state index contributed by atoms with van der Waals surface area (Å²) in [5, 5.41) is 2.72. The molecule has 0 spiro atoms. The van der Waals surface area contributed by atoms with Gasteiger partial charge in [-0.25, -0.2) is 0 Å². The molecule has 4 nitrogen and oxygen atoms in total. The maximum absolute atomic E-state index is 12.3. The minimum atomic E-state index is -0.288. The van der Waals surface area contributed by atoms with Gasteiger partial charge in [0.05, 0.1) is 6.54 Å². The number of nitrogens with one attached hydrogen (secondary N) is 1. The Kier molecular flexibility index (Phi) is 4.16. The predicted octanol–water partition coefficient (Wildman–Crippen LogP) is 1.79. The van der Waals surface area contributed by atoms with Gasteiger partial charge in [0.15, 0.2) is 0 Å². The van der Waals surface area contributed by atoms with E-state index in [0.29, 0.717) is 11.8 Å². The highest BCUT2D eigenvalue weighted by atomic mass is 16.2. The van der Waals surface area contributed by atoms with E-state index in [1.165, 1.54) is 6.42 Å². The highest BCUT2D eigenvalue weighted by molar-refractivity contribution is 5.95. The van der Waals surface area contributed by atoms with E-state index in [4.69, 9.17) is 0 Å². The number of carbonyl (C=O) groups excluding carboxylic acids is 2. The molecular weight excluding hydrogens is 240 g/mol. The second-order valence-electron chi connectivity index (χ2n) is 6.78. The van der Waals surface area contributed by atoms with Crippen LogP contribution in [0.5, 0.6) is 0 Å². The molecule has 3 unspecified atom stereocenters. The van der Waals surface area contributed by atoms with E-state index in [0.717, 1.165) is 12.8 Å². The molecule has 0 aromatic carbocycles. The summed E-state index contributed by atoms with van der Waals surface area (Å²) < 4.78 is 0. The summed E-state index contributed by atoms with van der Waals surface area (Å²) in [6.07, 6.45) is 3.30. The summed E-state index contributed by atoms with van der Waals surface area (Å²) in [4.78, 5) is 26.3. The van der Waals surface area contributed by atoms with E-state index in [2.05, 4.69) is 19.2 Å². The highest BCUT2D eigenvalue weighted by Gasteiger charge is 2.42. The van der Waals surface area contributed by atoms with Crippen molar-refractivity contribution in [2.45, 2.75) is 59.0 Å². The molecule has 2 rings (SSSR count). The average molecular weight is 266 g/mol. The Morgan fingerprint density at radius 3 is 2.21 bits per heavy atom. The molecule has 3 atom stereocenters. The first-order valence-electron chi connectivity index (χ1n) is 7.49. The summed E-state index contributed by atoms with van der Waals surface area (Å²) in [6, 6.07) is -0.0477. The van der Waals surface area contributed by atoms with Gasteiger partial charge in [-0.15, -0.1) is 0 Å². The SMILES string of the molecule is CC1CC(C)CC(N2C(=O)CNC(=O)C2C(C)C)C1. The molecule has 2 amide bonds. The lowest BCUT2D eigenvalue weighted by atomic mass is 9.78. The summed E-state index contributed by atoms with van der Waals surface area (Å²) >= 11 is 0. The van der Waals surface area contributed by atoms with Crippen LogP contribution in [0.1, 0.15) is 47.0 Å². The summed E-state index contributed by atoms with van der Waals surface area (Å²) in [5.41, 5.74) is 0. The second-order valence-corrected chi connectivity index (χ2v) is 6.78. The van der Waals surface area contributed by atoms with Gasteiger partial charge in [0, 0.05) is 6.04 Å². The quantitative estimate of drug-likeness (QED) is 0.828. The van der Waals surface area contributed by atoms with E-state index in [1.807, 2.05) is 18.7 Å². The predicted molar refractivity (Wildman–Crippen MR) is 74.4 cm³/mol. The molecule has 0 aromatic heterocycles. The Morgan fingerprint density at radius 2 is 1.68 bits per heavy atom. The lowest BCUT2D eigenvalue weighted by molar-refractivity contribution is -0.151. The van der Waals surface area contributed by atoms with Gasteiger partial charge in [0.1, 0.15) is 6.04 Å². The molecule has 108 valence electrons. The van der Waals surface area contributed by atoms with Gasteiger partial charge in [0.25, 0.3) is 0 Å². The van der Waals surface area contributed by atoms with Gasteiger partial charge in [-0.2, -0.15) is 0 Å². The van der Waals surface area contributed by atoms with Gasteiger partial charge in [0.2, 0.25) is 11.8 Å². The van der Waals surface area contributed by atoms with Gasteiger partial charge >= 0.3 is 0 Å². The molecule has 0 radical (unpaired) electrons. The van der Waals surface area contributed by atoms with Crippen molar-refractivity contribution in [1.82, 2.24) is 10.2 Å². The first-order valence-corrected chi connectivity index (χ1v) is 7.49. The van der Waals surface area contributed by atoms with Crippen LogP contribution in [0.15, 0.2) is 0 Å². The molecule has 2 fully saturated rings. The smallest absolute Gasteiger partial charge is 0.243 e. The molecule has 1 aliphatic carbocycles.